The molecule has 2 nitrogen and oxygen atoms in total. The minimum absolute atomic E-state index is 0.533. The van der Waals surface area contributed by atoms with Gasteiger partial charge in [0.05, 0.1) is 11.1 Å². The third-order valence-electron chi connectivity index (χ3n) is 9.10. The zero-order valence-corrected chi connectivity index (χ0v) is 23.4. The van der Waals surface area contributed by atoms with Crippen LogP contribution in [0.1, 0.15) is 22.3 Å². The van der Waals surface area contributed by atoms with Crippen LogP contribution in [0.2, 0.25) is 0 Å². The number of hydrogen-bond donors (Lipinski definition) is 0. The molecule has 1 atom stereocenters. The Hall–Kier alpha value is -5.60. The molecule has 9 rings (SSSR count). The number of para-hydroxylation sites is 3. The van der Waals surface area contributed by atoms with Crippen molar-refractivity contribution in [3.63, 3.8) is 0 Å². The molecule has 2 aliphatic rings. The monoisotopic (exact) mass is 549 g/mol. The highest BCUT2D eigenvalue weighted by molar-refractivity contribution is 6.00. The lowest BCUT2D eigenvalue weighted by molar-refractivity contribution is 0.441. The summed E-state index contributed by atoms with van der Waals surface area (Å²) in [6.07, 6.45) is 0. The molecule has 202 valence electrons. The van der Waals surface area contributed by atoms with E-state index in [1.165, 1.54) is 38.8 Å². The summed E-state index contributed by atoms with van der Waals surface area (Å²) in [6.45, 7) is 0. The molecule has 0 amide bonds. The molecule has 1 unspecified atom stereocenters. The van der Waals surface area contributed by atoms with Crippen LogP contribution in [-0.4, -0.2) is 0 Å². The van der Waals surface area contributed by atoms with Gasteiger partial charge in [0.25, 0.3) is 0 Å². The molecule has 1 aliphatic heterocycles. The first kappa shape index (κ1) is 24.0. The molecular formula is C41H27NO. The van der Waals surface area contributed by atoms with Gasteiger partial charge in [-0.25, -0.2) is 0 Å². The molecule has 43 heavy (non-hydrogen) atoms. The molecule has 0 radical (unpaired) electrons. The predicted molar refractivity (Wildman–Crippen MR) is 176 cm³/mol. The number of rotatable bonds is 3. The van der Waals surface area contributed by atoms with Gasteiger partial charge in [0.15, 0.2) is 0 Å². The molecule has 7 aromatic carbocycles. The van der Waals surface area contributed by atoms with Gasteiger partial charge < -0.3 is 9.64 Å². The maximum atomic E-state index is 6.81. The van der Waals surface area contributed by atoms with Crippen LogP contribution in [0.15, 0.2) is 164 Å². The first-order valence-corrected chi connectivity index (χ1v) is 14.8. The lowest BCUT2D eigenvalue weighted by Gasteiger charge is -2.40. The number of ether oxygens (including phenoxy) is 1. The summed E-state index contributed by atoms with van der Waals surface area (Å²) < 4.78 is 6.81. The molecule has 0 fully saturated rings. The third kappa shape index (κ3) is 3.29. The van der Waals surface area contributed by atoms with Crippen molar-refractivity contribution in [2.24, 2.45) is 0 Å². The molecule has 2 heteroatoms. The maximum Gasteiger partial charge on any atom is 0.140 e. The van der Waals surface area contributed by atoms with Crippen LogP contribution >= 0.6 is 0 Å². The normalized spacial score (nSPS) is 15.7. The SMILES string of the molecule is c1ccc(N(c2ccccc2)c2cccc3c2-c2ccccc2C32c3ccccc3Oc3c2ccc2ccccc32)cc1. The number of anilines is 3. The summed E-state index contributed by atoms with van der Waals surface area (Å²) in [5.41, 5.74) is 10.3. The van der Waals surface area contributed by atoms with E-state index in [0.717, 1.165) is 33.9 Å². The van der Waals surface area contributed by atoms with Crippen LogP contribution in [0, 0.1) is 0 Å². The number of hydrogen-bond acceptors (Lipinski definition) is 2. The zero-order chi connectivity index (χ0) is 28.4. The second-order valence-corrected chi connectivity index (χ2v) is 11.3. The van der Waals surface area contributed by atoms with Gasteiger partial charge >= 0.3 is 0 Å². The summed E-state index contributed by atoms with van der Waals surface area (Å²) in [5.74, 6) is 1.84. The highest BCUT2D eigenvalue weighted by Crippen LogP contribution is 2.64. The smallest absolute Gasteiger partial charge is 0.140 e. The van der Waals surface area contributed by atoms with E-state index in [9.17, 15) is 0 Å². The first-order chi connectivity index (χ1) is 21.4. The lowest BCUT2D eigenvalue weighted by Crippen LogP contribution is -2.32. The van der Waals surface area contributed by atoms with Crippen molar-refractivity contribution in [1.29, 1.82) is 0 Å². The van der Waals surface area contributed by atoms with Crippen molar-refractivity contribution < 1.29 is 4.74 Å². The Bertz CT molecular complexity index is 2130. The second-order valence-electron chi connectivity index (χ2n) is 11.3. The molecule has 0 saturated heterocycles. The van der Waals surface area contributed by atoms with Crippen molar-refractivity contribution in [1.82, 2.24) is 0 Å². The van der Waals surface area contributed by atoms with Crippen LogP contribution in [0.3, 0.4) is 0 Å². The lowest BCUT2D eigenvalue weighted by atomic mass is 9.65. The molecule has 0 aromatic heterocycles. The summed E-state index contributed by atoms with van der Waals surface area (Å²) in [5, 5.41) is 2.31. The summed E-state index contributed by atoms with van der Waals surface area (Å²) in [4.78, 5) is 2.39. The highest BCUT2D eigenvalue weighted by atomic mass is 16.5. The largest absolute Gasteiger partial charge is 0.456 e. The molecular weight excluding hydrogens is 522 g/mol. The number of fused-ring (bicyclic) bond motifs is 11. The van der Waals surface area contributed by atoms with E-state index < -0.39 is 5.41 Å². The zero-order valence-electron chi connectivity index (χ0n) is 23.4. The quantitative estimate of drug-likeness (QED) is 0.217. The van der Waals surface area contributed by atoms with Crippen LogP contribution in [0.25, 0.3) is 21.9 Å². The van der Waals surface area contributed by atoms with Crippen LogP contribution in [-0.2, 0) is 5.41 Å². The average Bonchev–Trinajstić information content (AvgIpc) is 3.37. The van der Waals surface area contributed by atoms with Crippen molar-refractivity contribution in [3.05, 3.63) is 186 Å². The molecule has 0 N–H and O–H groups in total. The fraction of sp³-hybridized carbons (Fsp3) is 0.0244. The first-order valence-electron chi connectivity index (χ1n) is 14.8. The molecule has 1 spiro atoms. The Kier molecular flexibility index (Phi) is 5.15. The van der Waals surface area contributed by atoms with Crippen molar-refractivity contribution >= 4 is 27.8 Å². The van der Waals surface area contributed by atoms with E-state index >= 15 is 0 Å². The minimum atomic E-state index is -0.533. The Labute approximate surface area is 251 Å². The van der Waals surface area contributed by atoms with Gasteiger partial charge in [0, 0.05) is 33.5 Å². The van der Waals surface area contributed by atoms with Crippen molar-refractivity contribution in [2.45, 2.75) is 5.41 Å². The molecule has 7 aromatic rings. The van der Waals surface area contributed by atoms with Crippen LogP contribution in [0.5, 0.6) is 11.5 Å². The average molecular weight is 550 g/mol. The number of nitrogens with zero attached hydrogens (tertiary/aromatic N) is 1. The molecule has 0 bridgehead atoms. The van der Waals surface area contributed by atoms with Crippen molar-refractivity contribution in [3.8, 4) is 22.6 Å². The Morgan fingerprint density at radius 2 is 1.07 bits per heavy atom. The minimum Gasteiger partial charge on any atom is -0.456 e. The second kappa shape index (κ2) is 9.20. The Morgan fingerprint density at radius 1 is 0.442 bits per heavy atom. The summed E-state index contributed by atoms with van der Waals surface area (Å²) in [7, 11) is 0. The fourth-order valence-corrected chi connectivity index (χ4v) is 7.43. The Balaban J connectivity index is 1.43. The van der Waals surface area contributed by atoms with Gasteiger partial charge in [-0.1, -0.05) is 127 Å². The highest BCUT2D eigenvalue weighted by Gasteiger charge is 2.52. The molecule has 1 aliphatic carbocycles. The van der Waals surface area contributed by atoms with Gasteiger partial charge in [-0.05, 0) is 58.5 Å². The summed E-state index contributed by atoms with van der Waals surface area (Å²) >= 11 is 0. The van der Waals surface area contributed by atoms with E-state index in [4.69, 9.17) is 4.74 Å². The van der Waals surface area contributed by atoms with E-state index in [0.29, 0.717) is 0 Å². The molecule has 0 saturated carbocycles. The number of benzene rings is 7. The van der Waals surface area contributed by atoms with Gasteiger partial charge in [-0.3, -0.25) is 0 Å². The Morgan fingerprint density at radius 3 is 1.86 bits per heavy atom. The predicted octanol–water partition coefficient (Wildman–Crippen LogP) is 10.8. The van der Waals surface area contributed by atoms with Gasteiger partial charge in [0.1, 0.15) is 11.5 Å². The topological polar surface area (TPSA) is 12.5 Å². The summed E-state index contributed by atoms with van der Waals surface area (Å²) in [6, 6.07) is 58.8. The van der Waals surface area contributed by atoms with Crippen LogP contribution < -0.4 is 9.64 Å². The van der Waals surface area contributed by atoms with E-state index in [1.807, 2.05) is 0 Å². The van der Waals surface area contributed by atoms with Gasteiger partial charge in [0.2, 0.25) is 0 Å². The van der Waals surface area contributed by atoms with E-state index in [-0.39, 0.29) is 0 Å². The third-order valence-corrected chi connectivity index (χ3v) is 9.10. The maximum absolute atomic E-state index is 6.81. The van der Waals surface area contributed by atoms with E-state index in [2.05, 4.69) is 169 Å². The standard InChI is InChI=1S/C41H27NO/c1-3-15-29(16-4-1)42(30-17-5-2-6-18-30)37-24-13-23-35-39(37)32-20-9-10-21-33(32)41(35)34-22-11-12-25-38(34)43-40-31-19-8-7-14-28(31)26-27-36(40)41/h1-27H. The van der Waals surface area contributed by atoms with Crippen molar-refractivity contribution in [2.75, 3.05) is 4.90 Å². The van der Waals surface area contributed by atoms with Gasteiger partial charge in [-0.2, -0.15) is 0 Å². The van der Waals surface area contributed by atoms with Crippen LogP contribution in [0.4, 0.5) is 17.1 Å². The van der Waals surface area contributed by atoms with Gasteiger partial charge in [-0.15, -0.1) is 0 Å². The fourth-order valence-electron chi connectivity index (χ4n) is 7.43. The molecule has 1 heterocycles. The van der Waals surface area contributed by atoms with E-state index in [1.54, 1.807) is 0 Å².